The molecule has 0 amide bonds. The van der Waals surface area contributed by atoms with Gasteiger partial charge in [0.2, 0.25) is 0 Å². The zero-order valence-corrected chi connectivity index (χ0v) is 11.0. The highest BCUT2D eigenvalue weighted by Gasteiger charge is 2.33. The van der Waals surface area contributed by atoms with E-state index in [1.165, 1.54) is 0 Å². The fourth-order valence-electron chi connectivity index (χ4n) is 1.43. The SMILES string of the molecule is CCOC(=O)c1cc(C#N)c(CCl)c(OC(F)(F)F)c1. The molecule has 0 unspecified atom stereocenters. The maximum Gasteiger partial charge on any atom is 0.573 e. The van der Waals surface area contributed by atoms with Gasteiger partial charge in [-0.15, -0.1) is 24.8 Å². The molecule has 1 aromatic rings. The number of carbonyl (C=O) groups is 1. The van der Waals surface area contributed by atoms with Gasteiger partial charge in [0.05, 0.1) is 29.7 Å². The summed E-state index contributed by atoms with van der Waals surface area (Å²) >= 11 is 5.52. The molecule has 8 heteroatoms. The zero-order chi connectivity index (χ0) is 15.3. The van der Waals surface area contributed by atoms with Gasteiger partial charge in [0.1, 0.15) is 5.75 Å². The lowest BCUT2D eigenvalue weighted by molar-refractivity contribution is -0.274. The van der Waals surface area contributed by atoms with Gasteiger partial charge in [-0.1, -0.05) is 0 Å². The van der Waals surface area contributed by atoms with E-state index in [4.69, 9.17) is 16.9 Å². The monoisotopic (exact) mass is 307 g/mol. The largest absolute Gasteiger partial charge is 0.573 e. The van der Waals surface area contributed by atoms with Crippen LogP contribution in [0.4, 0.5) is 13.2 Å². The molecule has 0 saturated heterocycles. The number of halogens is 4. The standard InChI is InChI=1S/C12H9ClF3NO3/c1-2-19-11(18)7-3-8(6-17)9(5-13)10(4-7)20-12(14,15)16/h3-4H,2,5H2,1H3. The lowest BCUT2D eigenvalue weighted by Crippen LogP contribution is -2.19. The molecule has 0 bridgehead atoms. The zero-order valence-electron chi connectivity index (χ0n) is 10.3. The molecule has 0 saturated carbocycles. The van der Waals surface area contributed by atoms with Crippen molar-refractivity contribution in [3.05, 3.63) is 28.8 Å². The van der Waals surface area contributed by atoms with Crippen LogP contribution in [0.25, 0.3) is 0 Å². The molecular formula is C12H9ClF3NO3. The number of nitriles is 1. The number of nitrogens with zero attached hydrogens (tertiary/aromatic N) is 1. The lowest BCUT2D eigenvalue weighted by atomic mass is 10.0. The first-order valence-electron chi connectivity index (χ1n) is 5.38. The minimum absolute atomic E-state index is 0.0490. The normalized spacial score (nSPS) is 10.8. The van der Waals surface area contributed by atoms with Gasteiger partial charge in [-0.25, -0.2) is 4.79 Å². The average molecular weight is 308 g/mol. The number of ether oxygens (including phenoxy) is 2. The van der Waals surface area contributed by atoms with Crippen LogP contribution < -0.4 is 4.74 Å². The molecule has 0 fully saturated rings. The van der Waals surface area contributed by atoms with Crippen molar-refractivity contribution in [2.45, 2.75) is 19.2 Å². The Morgan fingerprint density at radius 3 is 2.55 bits per heavy atom. The maximum atomic E-state index is 12.3. The van der Waals surface area contributed by atoms with Crippen molar-refractivity contribution in [3.63, 3.8) is 0 Å². The first kappa shape index (κ1) is 16.1. The molecule has 0 N–H and O–H groups in total. The number of alkyl halides is 4. The number of esters is 1. The van der Waals surface area contributed by atoms with Gasteiger partial charge < -0.3 is 9.47 Å². The van der Waals surface area contributed by atoms with Crippen molar-refractivity contribution >= 4 is 17.6 Å². The molecule has 108 valence electrons. The molecule has 0 aliphatic rings. The van der Waals surface area contributed by atoms with Crippen molar-refractivity contribution < 1.29 is 27.4 Å². The summed E-state index contributed by atoms with van der Waals surface area (Å²) in [5.74, 6) is -1.90. The third-order valence-corrected chi connectivity index (χ3v) is 2.47. The van der Waals surface area contributed by atoms with Crippen LogP contribution in [-0.4, -0.2) is 18.9 Å². The number of hydrogen-bond donors (Lipinski definition) is 0. The fourth-order valence-corrected chi connectivity index (χ4v) is 1.71. The summed E-state index contributed by atoms with van der Waals surface area (Å²) in [6.45, 7) is 1.59. The first-order valence-corrected chi connectivity index (χ1v) is 5.91. The van der Waals surface area contributed by atoms with E-state index in [-0.39, 0.29) is 29.2 Å². The Kier molecular flexibility index (Phi) is 5.22. The molecule has 0 aromatic heterocycles. The van der Waals surface area contributed by atoms with Gasteiger partial charge in [0, 0.05) is 5.56 Å². The summed E-state index contributed by atoms with van der Waals surface area (Å²) < 4.78 is 45.4. The van der Waals surface area contributed by atoms with Gasteiger partial charge >= 0.3 is 12.3 Å². The Morgan fingerprint density at radius 1 is 1.45 bits per heavy atom. The van der Waals surface area contributed by atoms with E-state index in [9.17, 15) is 18.0 Å². The van der Waals surface area contributed by atoms with Crippen molar-refractivity contribution in [2.75, 3.05) is 6.61 Å². The topological polar surface area (TPSA) is 59.3 Å². The Bertz CT molecular complexity index is 552. The summed E-state index contributed by atoms with van der Waals surface area (Å²) in [5, 5.41) is 8.91. The molecule has 0 spiro atoms. The van der Waals surface area contributed by atoms with Crippen LogP contribution in [0.3, 0.4) is 0 Å². The Morgan fingerprint density at radius 2 is 2.10 bits per heavy atom. The Hall–Kier alpha value is -1.94. The smallest absolute Gasteiger partial charge is 0.462 e. The Balaban J connectivity index is 3.35. The number of benzene rings is 1. The quantitative estimate of drug-likeness (QED) is 0.632. The van der Waals surface area contributed by atoms with E-state index in [2.05, 4.69) is 9.47 Å². The summed E-state index contributed by atoms with van der Waals surface area (Å²) in [7, 11) is 0. The van der Waals surface area contributed by atoms with E-state index in [1.54, 1.807) is 13.0 Å². The van der Waals surface area contributed by atoms with Crippen LogP contribution in [0, 0.1) is 11.3 Å². The van der Waals surface area contributed by atoms with Gasteiger partial charge in [-0.3, -0.25) is 0 Å². The molecule has 0 aliphatic heterocycles. The first-order chi connectivity index (χ1) is 9.32. The van der Waals surface area contributed by atoms with E-state index in [0.29, 0.717) is 0 Å². The van der Waals surface area contributed by atoms with Gasteiger partial charge in [0.15, 0.2) is 0 Å². The van der Waals surface area contributed by atoms with E-state index >= 15 is 0 Å². The van der Waals surface area contributed by atoms with Crippen molar-refractivity contribution in [1.29, 1.82) is 5.26 Å². The molecule has 0 aliphatic carbocycles. The van der Waals surface area contributed by atoms with Crippen LogP contribution >= 0.6 is 11.6 Å². The lowest BCUT2D eigenvalue weighted by Gasteiger charge is -2.14. The molecule has 0 heterocycles. The minimum Gasteiger partial charge on any atom is -0.462 e. The second-order valence-corrected chi connectivity index (χ2v) is 3.78. The van der Waals surface area contributed by atoms with Crippen LogP contribution in [0.1, 0.15) is 28.4 Å². The van der Waals surface area contributed by atoms with Crippen molar-refractivity contribution in [1.82, 2.24) is 0 Å². The third kappa shape index (κ3) is 4.03. The van der Waals surface area contributed by atoms with Crippen LogP contribution in [0.15, 0.2) is 12.1 Å². The van der Waals surface area contributed by atoms with Crippen molar-refractivity contribution in [2.24, 2.45) is 0 Å². The predicted octanol–water partition coefficient (Wildman–Crippen LogP) is 3.37. The van der Waals surface area contributed by atoms with Crippen molar-refractivity contribution in [3.8, 4) is 11.8 Å². The molecule has 0 atom stereocenters. The molecular weight excluding hydrogens is 299 g/mol. The minimum atomic E-state index is -4.96. The highest BCUT2D eigenvalue weighted by molar-refractivity contribution is 6.17. The summed E-state index contributed by atoms with van der Waals surface area (Å²) in [5.41, 5.74) is -0.527. The number of hydrogen-bond acceptors (Lipinski definition) is 4. The second-order valence-electron chi connectivity index (χ2n) is 3.51. The second kappa shape index (κ2) is 6.48. The average Bonchev–Trinajstić information content (AvgIpc) is 2.36. The van der Waals surface area contributed by atoms with Gasteiger partial charge in [-0.05, 0) is 19.1 Å². The van der Waals surface area contributed by atoms with Gasteiger partial charge in [0.25, 0.3) is 0 Å². The Labute approximate surface area is 117 Å². The van der Waals surface area contributed by atoms with Crippen LogP contribution in [0.2, 0.25) is 0 Å². The molecule has 20 heavy (non-hydrogen) atoms. The summed E-state index contributed by atoms with van der Waals surface area (Å²) in [6.07, 6.45) is -4.96. The molecule has 4 nitrogen and oxygen atoms in total. The van der Waals surface area contributed by atoms with Crippen LogP contribution in [0.5, 0.6) is 5.75 Å². The number of carbonyl (C=O) groups excluding carboxylic acids is 1. The predicted molar refractivity (Wildman–Crippen MR) is 63.4 cm³/mol. The van der Waals surface area contributed by atoms with Gasteiger partial charge in [-0.2, -0.15) is 5.26 Å². The van der Waals surface area contributed by atoms with E-state index in [0.717, 1.165) is 12.1 Å². The summed E-state index contributed by atoms with van der Waals surface area (Å²) in [6, 6.07) is 3.63. The van der Waals surface area contributed by atoms with Crippen LogP contribution in [-0.2, 0) is 10.6 Å². The third-order valence-electron chi connectivity index (χ3n) is 2.20. The fraction of sp³-hybridized carbons (Fsp3) is 0.333. The number of rotatable bonds is 4. The highest BCUT2D eigenvalue weighted by Crippen LogP contribution is 2.31. The molecule has 1 rings (SSSR count). The summed E-state index contributed by atoms with van der Waals surface area (Å²) in [4.78, 5) is 11.5. The molecule has 1 aromatic carbocycles. The molecule has 0 radical (unpaired) electrons. The highest BCUT2D eigenvalue weighted by atomic mass is 35.5. The van der Waals surface area contributed by atoms with E-state index < -0.39 is 18.1 Å². The van der Waals surface area contributed by atoms with E-state index in [1.807, 2.05) is 0 Å². The maximum absolute atomic E-state index is 12.3.